The largest absolute Gasteiger partial charge is 0.481 e. The number of anilines is 1. The van der Waals surface area contributed by atoms with E-state index in [1.165, 1.54) is 0 Å². The van der Waals surface area contributed by atoms with Gasteiger partial charge in [0.15, 0.2) is 5.82 Å². The summed E-state index contributed by atoms with van der Waals surface area (Å²) in [6.45, 7) is 5.12. The molecule has 0 saturated carbocycles. The van der Waals surface area contributed by atoms with E-state index in [2.05, 4.69) is 10.2 Å². The Kier molecular flexibility index (Phi) is 3.04. The number of benzene rings is 1. The first kappa shape index (κ1) is 12.8. The highest BCUT2D eigenvalue weighted by Gasteiger charge is 2.36. The van der Waals surface area contributed by atoms with Gasteiger partial charge in [-0.3, -0.25) is 4.79 Å². The van der Waals surface area contributed by atoms with E-state index < -0.39 is 5.97 Å². The van der Waals surface area contributed by atoms with Gasteiger partial charge in [-0.25, -0.2) is 0 Å². The predicted octanol–water partition coefficient (Wildman–Crippen LogP) is 2.10. The van der Waals surface area contributed by atoms with Crippen LogP contribution in [0.15, 0.2) is 24.3 Å². The molecule has 1 aliphatic heterocycles. The molecule has 2 atom stereocenters. The first-order chi connectivity index (χ1) is 9.58. The summed E-state index contributed by atoms with van der Waals surface area (Å²) >= 11 is 0. The normalized spacial score (nSPS) is 22.4. The first-order valence-electron chi connectivity index (χ1n) is 6.77. The van der Waals surface area contributed by atoms with Crippen molar-refractivity contribution in [2.45, 2.75) is 13.8 Å². The van der Waals surface area contributed by atoms with E-state index in [0.717, 1.165) is 22.3 Å². The van der Waals surface area contributed by atoms with E-state index in [1.54, 1.807) is 0 Å². The van der Waals surface area contributed by atoms with Crippen molar-refractivity contribution in [2.24, 2.45) is 11.8 Å². The Labute approximate surface area is 117 Å². The fraction of sp³-hybridized carbons (Fsp3) is 0.400. The van der Waals surface area contributed by atoms with Crippen LogP contribution < -0.4 is 4.90 Å². The molecule has 104 valence electrons. The summed E-state index contributed by atoms with van der Waals surface area (Å²) in [6, 6.07) is 8.00. The number of nitrogens with zero attached hydrogens (tertiary/aromatic N) is 3. The van der Waals surface area contributed by atoms with E-state index in [0.29, 0.717) is 13.1 Å². The van der Waals surface area contributed by atoms with Crippen molar-refractivity contribution in [1.82, 2.24) is 10.2 Å². The molecule has 2 heterocycles. The van der Waals surface area contributed by atoms with E-state index in [4.69, 9.17) is 0 Å². The van der Waals surface area contributed by atoms with Crippen LogP contribution >= 0.6 is 0 Å². The van der Waals surface area contributed by atoms with Gasteiger partial charge in [-0.1, -0.05) is 31.2 Å². The summed E-state index contributed by atoms with van der Waals surface area (Å²) in [5, 5.41) is 19.9. The predicted molar refractivity (Wildman–Crippen MR) is 76.8 cm³/mol. The fourth-order valence-electron chi connectivity index (χ4n) is 2.92. The molecule has 0 aliphatic carbocycles. The quantitative estimate of drug-likeness (QED) is 0.906. The number of aryl methyl sites for hydroxylation is 1. The van der Waals surface area contributed by atoms with Crippen LogP contribution in [0.1, 0.15) is 12.6 Å². The molecule has 3 rings (SSSR count). The lowest BCUT2D eigenvalue weighted by atomic mass is 9.99. The molecule has 5 nitrogen and oxygen atoms in total. The number of hydrogen-bond acceptors (Lipinski definition) is 4. The monoisotopic (exact) mass is 271 g/mol. The zero-order chi connectivity index (χ0) is 14.3. The molecule has 1 aliphatic rings. The van der Waals surface area contributed by atoms with E-state index in [-0.39, 0.29) is 11.8 Å². The van der Waals surface area contributed by atoms with Gasteiger partial charge in [-0.2, -0.15) is 5.10 Å². The second-order valence-electron chi connectivity index (χ2n) is 5.48. The third kappa shape index (κ3) is 1.99. The second kappa shape index (κ2) is 4.74. The SMILES string of the molecule is Cc1nnc(N2C[C@@H](C)[C@H](C(=O)O)C2)c2ccccc12. The molecule has 0 spiro atoms. The Morgan fingerprint density at radius 1 is 1.25 bits per heavy atom. The van der Waals surface area contributed by atoms with Crippen molar-refractivity contribution in [3.05, 3.63) is 30.0 Å². The van der Waals surface area contributed by atoms with Gasteiger partial charge < -0.3 is 10.0 Å². The lowest BCUT2D eigenvalue weighted by molar-refractivity contribution is -0.142. The van der Waals surface area contributed by atoms with Crippen LogP contribution in [0, 0.1) is 18.8 Å². The standard InChI is InChI=1S/C15H17N3O2/c1-9-7-18(8-13(9)15(19)20)14-12-6-4-3-5-11(12)10(2)16-17-14/h3-6,9,13H,7-8H2,1-2H3,(H,19,20)/t9-,13-/m1/s1. The van der Waals surface area contributed by atoms with Gasteiger partial charge in [0.05, 0.1) is 11.6 Å². The summed E-state index contributed by atoms with van der Waals surface area (Å²) in [5.74, 6) is -0.155. The van der Waals surface area contributed by atoms with Crippen LogP contribution in [0.4, 0.5) is 5.82 Å². The van der Waals surface area contributed by atoms with Gasteiger partial charge >= 0.3 is 5.97 Å². The second-order valence-corrected chi connectivity index (χ2v) is 5.48. The molecule has 0 unspecified atom stereocenters. The smallest absolute Gasteiger partial charge is 0.308 e. The number of fused-ring (bicyclic) bond motifs is 1. The van der Waals surface area contributed by atoms with Crippen molar-refractivity contribution in [3.8, 4) is 0 Å². The maximum Gasteiger partial charge on any atom is 0.308 e. The first-order valence-corrected chi connectivity index (χ1v) is 6.77. The van der Waals surface area contributed by atoms with Gasteiger partial charge in [-0.15, -0.1) is 5.10 Å². The Morgan fingerprint density at radius 3 is 2.60 bits per heavy atom. The topological polar surface area (TPSA) is 66.3 Å². The Bertz CT molecular complexity index is 671. The molecule has 0 radical (unpaired) electrons. The summed E-state index contributed by atoms with van der Waals surface area (Å²) in [7, 11) is 0. The fourth-order valence-corrected chi connectivity index (χ4v) is 2.92. The molecule has 5 heteroatoms. The lowest BCUT2D eigenvalue weighted by Crippen LogP contribution is -2.24. The number of hydrogen-bond donors (Lipinski definition) is 1. The number of carbonyl (C=O) groups is 1. The molecule has 1 N–H and O–H groups in total. The highest BCUT2D eigenvalue weighted by Crippen LogP contribution is 2.31. The van der Waals surface area contributed by atoms with Gasteiger partial charge in [0, 0.05) is 23.9 Å². The van der Waals surface area contributed by atoms with Crippen molar-refractivity contribution in [2.75, 3.05) is 18.0 Å². The van der Waals surface area contributed by atoms with Crippen molar-refractivity contribution in [3.63, 3.8) is 0 Å². The van der Waals surface area contributed by atoms with Crippen molar-refractivity contribution < 1.29 is 9.90 Å². The number of aliphatic carboxylic acids is 1. The molecule has 1 saturated heterocycles. The zero-order valence-corrected chi connectivity index (χ0v) is 11.6. The molecule has 20 heavy (non-hydrogen) atoms. The van der Waals surface area contributed by atoms with Gasteiger partial charge in [0.2, 0.25) is 0 Å². The maximum absolute atomic E-state index is 11.2. The van der Waals surface area contributed by atoms with E-state index in [9.17, 15) is 9.90 Å². The number of aromatic nitrogens is 2. The Balaban J connectivity index is 2.04. The molecule has 0 bridgehead atoms. The van der Waals surface area contributed by atoms with E-state index in [1.807, 2.05) is 43.0 Å². The summed E-state index contributed by atoms with van der Waals surface area (Å²) in [6.07, 6.45) is 0. The summed E-state index contributed by atoms with van der Waals surface area (Å²) < 4.78 is 0. The Hall–Kier alpha value is -2.17. The van der Waals surface area contributed by atoms with Crippen LogP contribution in [0.2, 0.25) is 0 Å². The Morgan fingerprint density at radius 2 is 1.95 bits per heavy atom. The van der Waals surface area contributed by atoms with Crippen LogP contribution in [0.3, 0.4) is 0 Å². The van der Waals surface area contributed by atoms with Crippen LogP contribution in [-0.2, 0) is 4.79 Å². The average molecular weight is 271 g/mol. The van der Waals surface area contributed by atoms with Crippen LogP contribution in [0.25, 0.3) is 10.8 Å². The maximum atomic E-state index is 11.2. The lowest BCUT2D eigenvalue weighted by Gasteiger charge is -2.18. The summed E-state index contributed by atoms with van der Waals surface area (Å²) in [5.41, 5.74) is 0.895. The highest BCUT2D eigenvalue weighted by atomic mass is 16.4. The minimum absolute atomic E-state index is 0.120. The number of rotatable bonds is 2. The molecule has 2 aromatic rings. The molecule has 1 aromatic heterocycles. The minimum Gasteiger partial charge on any atom is -0.481 e. The third-order valence-electron chi connectivity index (χ3n) is 4.08. The molecule has 0 amide bonds. The highest BCUT2D eigenvalue weighted by molar-refractivity contribution is 5.93. The minimum atomic E-state index is -0.732. The van der Waals surface area contributed by atoms with Crippen molar-refractivity contribution >= 4 is 22.6 Å². The average Bonchev–Trinajstić information content (AvgIpc) is 2.81. The van der Waals surface area contributed by atoms with Gasteiger partial charge in [-0.05, 0) is 12.8 Å². The molecular formula is C15H17N3O2. The van der Waals surface area contributed by atoms with Gasteiger partial charge in [0.1, 0.15) is 0 Å². The third-order valence-corrected chi connectivity index (χ3v) is 4.08. The summed E-state index contributed by atoms with van der Waals surface area (Å²) in [4.78, 5) is 13.3. The van der Waals surface area contributed by atoms with Gasteiger partial charge in [0.25, 0.3) is 0 Å². The molecule has 1 aromatic carbocycles. The molecule has 1 fully saturated rings. The van der Waals surface area contributed by atoms with Crippen LogP contribution in [0.5, 0.6) is 0 Å². The van der Waals surface area contributed by atoms with Crippen LogP contribution in [-0.4, -0.2) is 34.4 Å². The van der Waals surface area contributed by atoms with Crippen molar-refractivity contribution in [1.29, 1.82) is 0 Å². The zero-order valence-electron chi connectivity index (χ0n) is 11.6. The number of carboxylic acids is 1. The number of carboxylic acid groups (broad SMARTS) is 1. The molecular weight excluding hydrogens is 254 g/mol. The van der Waals surface area contributed by atoms with E-state index >= 15 is 0 Å².